The standard InChI is InChI=1S/C10H22O2/c1-3-5-7-9-12-10(11)8-6-4-2/h10-11H,3-9H2,1-2H3. The Morgan fingerprint density at radius 3 is 2.33 bits per heavy atom. The van der Waals surface area contributed by atoms with Crippen LogP contribution in [0.3, 0.4) is 0 Å². The van der Waals surface area contributed by atoms with Crippen molar-refractivity contribution in [2.75, 3.05) is 6.61 Å². The molecule has 0 amide bonds. The van der Waals surface area contributed by atoms with E-state index >= 15 is 0 Å². The number of aliphatic hydroxyl groups is 1. The van der Waals surface area contributed by atoms with Crippen molar-refractivity contribution < 1.29 is 9.84 Å². The summed E-state index contributed by atoms with van der Waals surface area (Å²) < 4.78 is 5.20. The average Bonchev–Trinajstić information content (AvgIpc) is 2.09. The van der Waals surface area contributed by atoms with Crippen molar-refractivity contribution in [1.82, 2.24) is 0 Å². The van der Waals surface area contributed by atoms with Crippen LogP contribution in [0.25, 0.3) is 0 Å². The lowest BCUT2D eigenvalue weighted by Gasteiger charge is -2.10. The Bertz CT molecular complexity index is 83.9. The highest BCUT2D eigenvalue weighted by Crippen LogP contribution is 2.03. The van der Waals surface area contributed by atoms with Crippen LogP contribution in [0.1, 0.15) is 52.4 Å². The molecule has 0 fully saturated rings. The molecule has 0 aromatic heterocycles. The molecule has 0 saturated heterocycles. The third kappa shape index (κ3) is 8.02. The monoisotopic (exact) mass is 174 g/mol. The summed E-state index contributed by atoms with van der Waals surface area (Å²) in [6.07, 6.45) is 5.89. The van der Waals surface area contributed by atoms with Crippen LogP contribution in [0.4, 0.5) is 0 Å². The van der Waals surface area contributed by atoms with Gasteiger partial charge in [0.05, 0.1) is 0 Å². The Kier molecular flexibility index (Phi) is 8.95. The molecule has 0 heterocycles. The zero-order valence-corrected chi connectivity index (χ0v) is 8.38. The normalized spacial score (nSPS) is 13.2. The van der Waals surface area contributed by atoms with Crippen molar-refractivity contribution in [2.24, 2.45) is 0 Å². The summed E-state index contributed by atoms with van der Waals surface area (Å²) >= 11 is 0. The summed E-state index contributed by atoms with van der Waals surface area (Å²) in [4.78, 5) is 0. The smallest absolute Gasteiger partial charge is 0.154 e. The minimum absolute atomic E-state index is 0.526. The van der Waals surface area contributed by atoms with Gasteiger partial charge in [0.1, 0.15) is 0 Å². The van der Waals surface area contributed by atoms with Gasteiger partial charge in [-0.3, -0.25) is 0 Å². The van der Waals surface area contributed by atoms with Gasteiger partial charge in [-0.05, 0) is 19.3 Å². The highest BCUT2D eigenvalue weighted by molar-refractivity contribution is 4.43. The second-order valence-corrected chi connectivity index (χ2v) is 3.17. The van der Waals surface area contributed by atoms with Gasteiger partial charge >= 0.3 is 0 Å². The first kappa shape index (κ1) is 11.9. The second kappa shape index (κ2) is 9.01. The van der Waals surface area contributed by atoms with E-state index < -0.39 is 6.29 Å². The molecule has 0 aliphatic rings. The molecule has 0 aromatic rings. The minimum atomic E-state index is -0.526. The number of aliphatic hydroxyl groups excluding tert-OH is 1. The maximum atomic E-state index is 9.26. The number of hydrogen-bond donors (Lipinski definition) is 1. The first-order chi connectivity index (χ1) is 5.81. The summed E-state index contributed by atoms with van der Waals surface area (Å²) in [6, 6.07) is 0. The van der Waals surface area contributed by atoms with Crippen LogP contribution in [0.5, 0.6) is 0 Å². The highest BCUT2D eigenvalue weighted by atomic mass is 16.6. The van der Waals surface area contributed by atoms with Gasteiger partial charge in [0.2, 0.25) is 0 Å². The molecule has 0 saturated carbocycles. The van der Waals surface area contributed by atoms with Gasteiger partial charge in [0.15, 0.2) is 6.29 Å². The van der Waals surface area contributed by atoms with Crippen LogP contribution >= 0.6 is 0 Å². The molecule has 74 valence electrons. The number of ether oxygens (including phenoxy) is 1. The fourth-order valence-electron chi connectivity index (χ4n) is 1.03. The molecule has 0 aromatic carbocycles. The van der Waals surface area contributed by atoms with E-state index in [1.54, 1.807) is 0 Å². The van der Waals surface area contributed by atoms with E-state index in [0.717, 1.165) is 25.7 Å². The molecule has 0 rings (SSSR count). The largest absolute Gasteiger partial charge is 0.368 e. The van der Waals surface area contributed by atoms with Crippen molar-refractivity contribution in [1.29, 1.82) is 0 Å². The molecule has 0 aliphatic heterocycles. The van der Waals surface area contributed by atoms with Gasteiger partial charge in [-0.2, -0.15) is 0 Å². The summed E-state index contributed by atoms with van der Waals surface area (Å²) in [5.41, 5.74) is 0. The molecule has 1 N–H and O–H groups in total. The lowest BCUT2D eigenvalue weighted by molar-refractivity contribution is -0.104. The van der Waals surface area contributed by atoms with Gasteiger partial charge < -0.3 is 9.84 Å². The quantitative estimate of drug-likeness (QED) is 0.453. The number of unbranched alkanes of at least 4 members (excludes halogenated alkanes) is 3. The van der Waals surface area contributed by atoms with Gasteiger partial charge in [0, 0.05) is 6.61 Å². The minimum Gasteiger partial charge on any atom is -0.368 e. The Hall–Kier alpha value is -0.0800. The van der Waals surface area contributed by atoms with Crippen molar-refractivity contribution in [3.63, 3.8) is 0 Å². The fraction of sp³-hybridized carbons (Fsp3) is 1.00. The Labute approximate surface area is 75.9 Å². The van der Waals surface area contributed by atoms with Crippen LogP contribution in [0.2, 0.25) is 0 Å². The Morgan fingerprint density at radius 2 is 1.75 bits per heavy atom. The number of rotatable bonds is 8. The van der Waals surface area contributed by atoms with Crippen molar-refractivity contribution in [3.05, 3.63) is 0 Å². The van der Waals surface area contributed by atoms with E-state index in [1.165, 1.54) is 12.8 Å². The SMILES string of the molecule is CCCCCOC(O)CCCC. The molecule has 1 atom stereocenters. The maximum Gasteiger partial charge on any atom is 0.154 e. The molecular formula is C10H22O2. The lowest BCUT2D eigenvalue weighted by Crippen LogP contribution is -2.12. The molecule has 0 spiro atoms. The molecule has 0 bridgehead atoms. The summed E-state index contributed by atoms with van der Waals surface area (Å²) in [5, 5.41) is 9.26. The van der Waals surface area contributed by atoms with Crippen molar-refractivity contribution in [3.8, 4) is 0 Å². The van der Waals surface area contributed by atoms with Crippen LogP contribution in [-0.2, 0) is 4.74 Å². The van der Waals surface area contributed by atoms with Crippen LogP contribution in [0.15, 0.2) is 0 Å². The van der Waals surface area contributed by atoms with Crippen molar-refractivity contribution >= 4 is 0 Å². The fourth-order valence-corrected chi connectivity index (χ4v) is 1.03. The average molecular weight is 174 g/mol. The zero-order valence-electron chi connectivity index (χ0n) is 8.38. The van der Waals surface area contributed by atoms with E-state index in [0.29, 0.717) is 6.61 Å². The van der Waals surface area contributed by atoms with Crippen molar-refractivity contribution in [2.45, 2.75) is 58.7 Å². The molecular weight excluding hydrogens is 152 g/mol. The predicted octanol–water partition coefficient (Wildman–Crippen LogP) is 2.70. The maximum absolute atomic E-state index is 9.26. The summed E-state index contributed by atoms with van der Waals surface area (Å²) in [7, 11) is 0. The summed E-state index contributed by atoms with van der Waals surface area (Å²) in [6.45, 7) is 4.98. The van der Waals surface area contributed by atoms with E-state index in [9.17, 15) is 5.11 Å². The first-order valence-electron chi connectivity index (χ1n) is 5.11. The van der Waals surface area contributed by atoms with Gasteiger partial charge in [-0.25, -0.2) is 0 Å². The van der Waals surface area contributed by atoms with Crippen LogP contribution < -0.4 is 0 Å². The molecule has 0 aliphatic carbocycles. The molecule has 0 radical (unpaired) electrons. The van der Waals surface area contributed by atoms with E-state index in [-0.39, 0.29) is 0 Å². The zero-order chi connectivity index (χ0) is 9.23. The predicted molar refractivity (Wildman–Crippen MR) is 51.0 cm³/mol. The Balaban J connectivity index is 3.02. The molecule has 2 heteroatoms. The molecule has 2 nitrogen and oxygen atoms in total. The first-order valence-corrected chi connectivity index (χ1v) is 5.11. The topological polar surface area (TPSA) is 29.5 Å². The van der Waals surface area contributed by atoms with Crippen LogP contribution in [-0.4, -0.2) is 18.0 Å². The molecule has 12 heavy (non-hydrogen) atoms. The van der Waals surface area contributed by atoms with Gasteiger partial charge in [-0.15, -0.1) is 0 Å². The van der Waals surface area contributed by atoms with E-state index in [2.05, 4.69) is 13.8 Å². The molecule has 1 unspecified atom stereocenters. The van der Waals surface area contributed by atoms with E-state index in [4.69, 9.17) is 4.74 Å². The van der Waals surface area contributed by atoms with E-state index in [1.807, 2.05) is 0 Å². The Morgan fingerprint density at radius 1 is 1.08 bits per heavy atom. The third-order valence-electron chi connectivity index (χ3n) is 1.86. The second-order valence-electron chi connectivity index (χ2n) is 3.17. The highest BCUT2D eigenvalue weighted by Gasteiger charge is 2.01. The van der Waals surface area contributed by atoms with Gasteiger partial charge in [-0.1, -0.05) is 33.1 Å². The number of hydrogen-bond acceptors (Lipinski definition) is 2. The third-order valence-corrected chi connectivity index (χ3v) is 1.86. The van der Waals surface area contributed by atoms with Gasteiger partial charge in [0.25, 0.3) is 0 Å². The summed E-state index contributed by atoms with van der Waals surface area (Å²) in [5.74, 6) is 0. The van der Waals surface area contributed by atoms with Crippen LogP contribution in [0, 0.1) is 0 Å². The lowest BCUT2D eigenvalue weighted by atomic mass is 10.2.